The Bertz CT molecular complexity index is 354. The van der Waals surface area contributed by atoms with E-state index < -0.39 is 12.0 Å². The van der Waals surface area contributed by atoms with Crippen molar-refractivity contribution in [3.63, 3.8) is 0 Å². The van der Waals surface area contributed by atoms with Crippen LogP contribution in [0, 0.1) is 13.8 Å². The molecule has 0 aliphatic heterocycles. The van der Waals surface area contributed by atoms with E-state index in [1.165, 1.54) is 0 Å². The van der Waals surface area contributed by atoms with Crippen molar-refractivity contribution in [1.82, 2.24) is 0 Å². The highest BCUT2D eigenvalue weighted by molar-refractivity contribution is 5.78. The normalized spacial score (nSPS) is 12.2. The fourth-order valence-electron chi connectivity index (χ4n) is 1.76. The van der Waals surface area contributed by atoms with E-state index in [0.29, 0.717) is 6.42 Å². The van der Waals surface area contributed by atoms with Gasteiger partial charge in [-0.25, -0.2) is 4.79 Å². The summed E-state index contributed by atoms with van der Waals surface area (Å²) in [5, 5.41) is 12.2. The number of aliphatic carboxylic acids is 1. The molecule has 16 heavy (non-hydrogen) atoms. The van der Waals surface area contributed by atoms with Crippen molar-refractivity contribution in [2.24, 2.45) is 0 Å². The van der Waals surface area contributed by atoms with Crippen LogP contribution in [0.2, 0.25) is 0 Å². The SMILES string of the molecule is CCCC(Nc1c(C)cccc1C)C(=O)O. The van der Waals surface area contributed by atoms with Gasteiger partial charge < -0.3 is 10.4 Å². The summed E-state index contributed by atoms with van der Waals surface area (Å²) in [5.41, 5.74) is 3.12. The summed E-state index contributed by atoms with van der Waals surface area (Å²) >= 11 is 0. The highest BCUT2D eigenvalue weighted by Crippen LogP contribution is 2.21. The molecule has 2 N–H and O–H groups in total. The minimum atomic E-state index is -0.787. The van der Waals surface area contributed by atoms with E-state index in [4.69, 9.17) is 5.11 Å². The van der Waals surface area contributed by atoms with Crippen LogP contribution < -0.4 is 5.32 Å². The monoisotopic (exact) mass is 221 g/mol. The maximum absolute atomic E-state index is 11.1. The van der Waals surface area contributed by atoms with Gasteiger partial charge in [0.15, 0.2) is 0 Å². The van der Waals surface area contributed by atoms with Gasteiger partial charge >= 0.3 is 5.97 Å². The van der Waals surface area contributed by atoms with Crippen molar-refractivity contribution in [3.05, 3.63) is 29.3 Å². The van der Waals surface area contributed by atoms with Crippen LogP contribution >= 0.6 is 0 Å². The van der Waals surface area contributed by atoms with E-state index in [2.05, 4.69) is 5.32 Å². The molecule has 1 rings (SSSR count). The molecule has 0 bridgehead atoms. The number of aryl methyl sites for hydroxylation is 2. The number of anilines is 1. The zero-order valence-electron chi connectivity index (χ0n) is 10.1. The summed E-state index contributed by atoms with van der Waals surface area (Å²) in [4.78, 5) is 11.1. The van der Waals surface area contributed by atoms with Crippen molar-refractivity contribution >= 4 is 11.7 Å². The summed E-state index contributed by atoms with van der Waals surface area (Å²) < 4.78 is 0. The molecular formula is C13H19NO2. The number of benzene rings is 1. The van der Waals surface area contributed by atoms with Crippen LogP contribution in [0.1, 0.15) is 30.9 Å². The molecular weight excluding hydrogens is 202 g/mol. The maximum atomic E-state index is 11.1. The summed E-state index contributed by atoms with van der Waals surface area (Å²) in [6.45, 7) is 5.96. The molecule has 3 heteroatoms. The van der Waals surface area contributed by atoms with E-state index in [1.807, 2.05) is 39.0 Å². The molecule has 88 valence electrons. The van der Waals surface area contributed by atoms with E-state index in [0.717, 1.165) is 23.2 Å². The second-order valence-corrected chi connectivity index (χ2v) is 4.09. The van der Waals surface area contributed by atoms with Crippen LogP contribution in [0.15, 0.2) is 18.2 Å². The number of carboxylic acids is 1. The fraction of sp³-hybridized carbons (Fsp3) is 0.462. The number of carboxylic acid groups (broad SMARTS) is 1. The van der Waals surface area contributed by atoms with Crippen molar-refractivity contribution in [1.29, 1.82) is 0 Å². The Morgan fingerprint density at radius 1 is 1.38 bits per heavy atom. The predicted molar refractivity (Wildman–Crippen MR) is 65.9 cm³/mol. The molecule has 1 aromatic rings. The third-order valence-corrected chi connectivity index (χ3v) is 2.68. The summed E-state index contributed by atoms with van der Waals surface area (Å²) in [6, 6.07) is 5.45. The number of nitrogens with one attached hydrogen (secondary N) is 1. The molecule has 0 heterocycles. The van der Waals surface area contributed by atoms with Gasteiger partial charge in [0, 0.05) is 5.69 Å². The largest absolute Gasteiger partial charge is 0.480 e. The van der Waals surface area contributed by atoms with Gasteiger partial charge in [-0.2, -0.15) is 0 Å². The Morgan fingerprint density at radius 3 is 2.38 bits per heavy atom. The lowest BCUT2D eigenvalue weighted by Crippen LogP contribution is -2.29. The van der Waals surface area contributed by atoms with Crippen LogP contribution in [0.25, 0.3) is 0 Å². The quantitative estimate of drug-likeness (QED) is 0.803. The maximum Gasteiger partial charge on any atom is 0.326 e. The number of para-hydroxylation sites is 1. The lowest BCUT2D eigenvalue weighted by molar-refractivity contribution is -0.138. The van der Waals surface area contributed by atoms with Crippen LogP contribution in [-0.2, 0) is 4.79 Å². The molecule has 1 unspecified atom stereocenters. The first-order chi connectivity index (χ1) is 7.56. The summed E-state index contributed by atoms with van der Waals surface area (Å²) in [7, 11) is 0. The Kier molecular flexibility index (Phi) is 4.35. The minimum absolute atomic E-state index is 0.496. The first-order valence-electron chi connectivity index (χ1n) is 5.61. The number of hydrogen-bond acceptors (Lipinski definition) is 2. The van der Waals surface area contributed by atoms with E-state index in [-0.39, 0.29) is 0 Å². The second-order valence-electron chi connectivity index (χ2n) is 4.09. The molecule has 0 aliphatic carbocycles. The molecule has 3 nitrogen and oxygen atoms in total. The molecule has 0 aromatic heterocycles. The molecule has 1 aromatic carbocycles. The van der Waals surface area contributed by atoms with Gasteiger partial charge in [-0.15, -0.1) is 0 Å². The number of hydrogen-bond donors (Lipinski definition) is 2. The van der Waals surface area contributed by atoms with Crippen molar-refractivity contribution in [2.75, 3.05) is 5.32 Å². The number of carbonyl (C=O) groups is 1. The van der Waals surface area contributed by atoms with Gasteiger partial charge in [-0.3, -0.25) is 0 Å². The third kappa shape index (κ3) is 2.99. The smallest absolute Gasteiger partial charge is 0.326 e. The first kappa shape index (κ1) is 12.6. The minimum Gasteiger partial charge on any atom is -0.480 e. The van der Waals surface area contributed by atoms with E-state index in [9.17, 15) is 4.79 Å². The van der Waals surface area contributed by atoms with Gasteiger partial charge in [0.05, 0.1) is 0 Å². The Morgan fingerprint density at radius 2 is 1.94 bits per heavy atom. The Balaban J connectivity index is 2.89. The average molecular weight is 221 g/mol. The highest BCUT2D eigenvalue weighted by Gasteiger charge is 2.17. The van der Waals surface area contributed by atoms with Crippen molar-refractivity contribution in [3.8, 4) is 0 Å². The van der Waals surface area contributed by atoms with Gasteiger partial charge in [-0.05, 0) is 31.4 Å². The van der Waals surface area contributed by atoms with Gasteiger partial charge in [0.2, 0.25) is 0 Å². The van der Waals surface area contributed by atoms with Crippen LogP contribution in [-0.4, -0.2) is 17.1 Å². The fourth-order valence-corrected chi connectivity index (χ4v) is 1.76. The molecule has 0 saturated heterocycles. The third-order valence-electron chi connectivity index (χ3n) is 2.68. The molecule has 0 fully saturated rings. The first-order valence-corrected chi connectivity index (χ1v) is 5.61. The van der Waals surface area contributed by atoms with Crippen LogP contribution in [0.5, 0.6) is 0 Å². The zero-order valence-corrected chi connectivity index (χ0v) is 10.1. The summed E-state index contributed by atoms with van der Waals surface area (Å²) in [5.74, 6) is -0.787. The van der Waals surface area contributed by atoms with E-state index >= 15 is 0 Å². The molecule has 0 amide bonds. The topological polar surface area (TPSA) is 49.3 Å². The molecule has 0 radical (unpaired) electrons. The van der Waals surface area contributed by atoms with Gasteiger partial charge in [0.25, 0.3) is 0 Å². The number of rotatable bonds is 5. The lowest BCUT2D eigenvalue weighted by Gasteiger charge is -2.18. The molecule has 1 atom stereocenters. The lowest BCUT2D eigenvalue weighted by atomic mass is 10.1. The Hall–Kier alpha value is -1.51. The standard InChI is InChI=1S/C13H19NO2/c1-4-6-11(13(15)16)14-12-9(2)7-5-8-10(12)3/h5,7-8,11,14H,4,6H2,1-3H3,(H,15,16). The predicted octanol–water partition coefficient (Wildman–Crippen LogP) is 2.97. The highest BCUT2D eigenvalue weighted by atomic mass is 16.4. The zero-order chi connectivity index (χ0) is 12.1. The van der Waals surface area contributed by atoms with Gasteiger partial charge in [0.1, 0.15) is 6.04 Å². The van der Waals surface area contributed by atoms with Crippen molar-refractivity contribution < 1.29 is 9.90 Å². The molecule has 0 aliphatic rings. The van der Waals surface area contributed by atoms with Crippen LogP contribution in [0.4, 0.5) is 5.69 Å². The average Bonchev–Trinajstić information content (AvgIpc) is 2.21. The van der Waals surface area contributed by atoms with Crippen LogP contribution in [0.3, 0.4) is 0 Å². The second kappa shape index (κ2) is 5.54. The molecule has 0 spiro atoms. The van der Waals surface area contributed by atoms with Gasteiger partial charge in [-0.1, -0.05) is 31.5 Å². The molecule has 0 saturated carbocycles. The van der Waals surface area contributed by atoms with E-state index in [1.54, 1.807) is 0 Å². The van der Waals surface area contributed by atoms with Crippen molar-refractivity contribution in [2.45, 2.75) is 39.7 Å². The summed E-state index contributed by atoms with van der Waals surface area (Å²) in [6.07, 6.45) is 1.50. The Labute approximate surface area is 96.5 Å².